The van der Waals surface area contributed by atoms with E-state index in [1.807, 2.05) is 13.8 Å². The van der Waals surface area contributed by atoms with E-state index in [4.69, 9.17) is 4.52 Å². The van der Waals surface area contributed by atoms with Crippen LogP contribution >= 0.6 is 0 Å². The van der Waals surface area contributed by atoms with Gasteiger partial charge in [0.25, 0.3) is 5.91 Å². The molecule has 1 heterocycles. The lowest BCUT2D eigenvalue weighted by atomic mass is 10.0. The van der Waals surface area contributed by atoms with E-state index in [0.29, 0.717) is 23.6 Å². The first-order valence-corrected chi connectivity index (χ1v) is 5.82. The maximum absolute atomic E-state index is 11.9. The highest BCUT2D eigenvalue weighted by Gasteiger charge is 2.21. The lowest BCUT2D eigenvalue weighted by Crippen LogP contribution is -2.25. The van der Waals surface area contributed by atoms with Crippen LogP contribution in [0.25, 0.3) is 0 Å². The fourth-order valence-corrected chi connectivity index (χ4v) is 1.52. The van der Waals surface area contributed by atoms with Crippen LogP contribution in [0.4, 0.5) is 0 Å². The lowest BCUT2D eigenvalue weighted by molar-refractivity contribution is 0.0950. The number of nitrogens with zero attached hydrogens (tertiary/aromatic N) is 1. The average Bonchev–Trinajstić information content (AvgIpc) is 2.60. The number of hydrogen-bond acceptors (Lipinski definition) is 3. The molecule has 0 atom stereocenters. The molecule has 0 saturated carbocycles. The van der Waals surface area contributed by atoms with Crippen LogP contribution in [-0.4, -0.2) is 17.6 Å². The van der Waals surface area contributed by atoms with Gasteiger partial charge < -0.3 is 9.84 Å². The maximum atomic E-state index is 11.9. The summed E-state index contributed by atoms with van der Waals surface area (Å²) >= 11 is 0. The monoisotopic (exact) mass is 224 g/mol. The Morgan fingerprint density at radius 1 is 1.50 bits per heavy atom. The van der Waals surface area contributed by atoms with Gasteiger partial charge in [0, 0.05) is 12.5 Å². The molecule has 0 aliphatic heterocycles. The Morgan fingerprint density at radius 3 is 2.75 bits per heavy atom. The molecule has 16 heavy (non-hydrogen) atoms. The summed E-state index contributed by atoms with van der Waals surface area (Å²) in [5.41, 5.74) is 1.27. The van der Waals surface area contributed by atoms with Crippen LogP contribution in [0.3, 0.4) is 0 Å². The first kappa shape index (κ1) is 12.7. The van der Waals surface area contributed by atoms with Gasteiger partial charge in [-0.1, -0.05) is 32.3 Å². The molecule has 0 radical (unpaired) electrons. The van der Waals surface area contributed by atoms with Gasteiger partial charge in [0.05, 0.1) is 5.69 Å². The molecule has 0 saturated heterocycles. The maximum Gasteiger partial charge on any atom is 0.256 e. The van der Waals surface area contributed by atoms with E-state index in [1.165, 1.54) is 0 Å². The van der Waals surface area contributed by atoms with Gasteiger partial charge in [0.1, 0.15) is 5.56 Å². The summed E-state index contributed by atoms with van der Waals surface area (Å²) in [5.74, 6) is 0.774. The fraction of sp³-hybridized carbons (Fsp3) is 0.667. The molecule has 0 bridgehead atoms. The minimum absolute atomic E-state index is 0.0732. The molecule has 1 N–H and O–H groups in total. The largest absolute Gasteiger partial charge is 0.360 e. The molecule has 0 spiro atoms. The van der Waals surface area contributed by atoms with Crippen molar-refractivity contribution in [1.82, 2.24) is 10.5 Å². The Bertz CT molecular complexity index is 356. The Balaban J connectivity index is 2.77. The third-order valence-corrected chi connectivity index (χ3v) is 2.46. The Labute approximate surface area is 96.4 Å². The van der Waals surface area contributed by atoms with Crippen molar-refractivity contribution in [1.29, 1.82) is 0 Å². The summed E-state index contributed by atoms with van der Waals surface area (Å²) in [5, 5.41) is 6.73. The fourth-order valence-electron chi connectivity index (χ4n) is 1.52. The van der Waals surface area contributed by atoms with Crippen molar-refractivity contribution in [3.05, 3.63) is 17.0 Å². The van der Waals surface area contributed by atoms with Crippen molar-refractivity contribution in [2.24, 2.45) is 0 Å². The third-order valence-electron chi connectivity index (χ3n) is 2.46. The Hall–Kier alpha value is -1.32. The second-order valence-corrected chi connectivity index (χ2v) is 4.27. The third kappa shape index (κ3) is 2.84. The van der Waals surface area contributed by atoms with Crippen molar-refractivity contribution in [3.63, 3.8) is 0 Å². The van der Waals surface area contributed by atoms with E-state index in [2.05, 4.69) is 17.4 Å². The molecule has 0 aromatic carbocycles. The average molecular weight is 224 g/mol. The molecule has 4 heteroatoms. The molecule has 1 aromatic heterocycles. The summed E-state index contributed by atoms with van der Waals surface area (Å²) in [6.07, 6.45) is 2.06. The number of nitrogens with one attached hydrogen (secondary N) is 1. The van der Waals surface area contributed by atoms with Gasteiger partial charge in [-0.15, -0.1) is 0 Å². The highest BCUT2D eigenvalue weighted by Crippen LogP contribution is 2.21. The Kier molecular flexibility index (Phi) is 4.52. The number of hydrogen-bond donors (Lipinski definition) is 1. The summed E-state index contributed by atoms with van der Waals surface area (Å²) in [6.45, 7) is 8.57. The molecule has 1 amide bonds. The van der Waals surface area contributed by atoms with Crippen molar-refractivity contribution >= 4 is 5.91 Å². The van der Waals surface area contributed by atoms with Crippen LogP contribution in [-0.2, 0) is 0 Å². The second-order valence-electron chi connectivity index (χ2n) is 4.27. The molecular weight excluding hydrogens is 204 g/mol. The number of aromatic nitrogens is 1. The highest BCUT2D eigenvalue weighted by atomic mass is 16.5. The topological polar surface area (TPSA) is 55.1 Å². The zero-order chi connectivity index (χ0) is 12.1. The van der Waals surface area contributed by atoms with Crippen LogP contribution < -0.4 is 5.32 Å². The number of carbonyl (C=O) groups excluding carboxylic acids is 1. The lowest BCUT2D eigenvalue weighted by Gasteiger charge is -2.06. The number of aryl methyl sites for hydroxylation is 1. The predicted molar refractivity (Wildman–Crippen MR) is 62.6 cm³/mol. The van der Waals surface area contributed by atoms with Crippen molar-refractivity contribution in [3.8, 4) is 0 Å². The zero-order valence-corrected chi connectivity index (χ0v) is 10.5. The van der Waals surface area contributed by atoms with Crippen LogP contribution in [0.1, 0.15) is 61.3 Å². The summed E-state index contributed by atoms with van der Waals surface area (Å²) < 4.78 is 5.17. The summed E-state index contributed by atoms with van der Waals surface area (Å²) in [7, 11) is 0. The van der Waals surface area contributed by atoms with E-state index < -0.39 is 0 Å². The van der Waals surface area contributed by atoms with Gasteiger partial charge >= 0.3 is 0 Å². The van der Waals surface area contributed by atoms with Gasteiger partial charge in [-0.3, -0.25) is 4.79 Å². The number of carbonyl (C=O) groups is 1. The SMILES string of the molecule is CCCCNC(=O)c1c(C)noc1C(C)C. The van der Waals surface area contributed by atoms with Gasteiger partial charge in [0.2, 0.25) is 0 Å². The molecular formula is C12H20N2O2. The van der Waals surface area contributed by atoms with Gasteiger partial charge in [0.15, 0.2) is 5.76 Å². The van der Waals surface area contributed by atoms with Crippen LogP contribution in [0.2, 0.25) is 0 Å². The van der Waals surface area contributed by atoms with E-state index in [9.17, 15) is 4.79 Å². The number of amides is 1. The van der Waals surface area contributed by atoms with Crippen LogP contribution in [0.5, 0.6) is 0 Å². The molecule has 0 fully saturated rings. The summed E-state index contributed by atoms with van der Waals surface area (Å²) in [6, 6.07) is 0. The molecule has 1 aromatic rings. The van der Waals surface area contributed by atoms with Crippen LogP contribution in [0.15, 0.2) is 4.52 Å². The minimum atomic E-state index is -0.0732. The Morgan fingerprint density at radius 2 is 2.19 bits per heavy atom. The molecule has 0 aliphatic rings. The zero-order valence-electron chi connectivity index (χ0n) is 10.5. The van der Waals surface area contributed by atoms with E-state index >= 15 is 0 Å². The number of unbranched alkanes of at least 4 members (excludes halogenated alkanes) is 1. The van der Waals surface area contributed by atoms with Crippen molar-refractivity contribution in [2.75, 3.05) is 6.54 Å². The van der Waals surface area contributed by atoms with E-state index in [0.717, 1.165) is 12.8 Å². The number of rotatable bonds is 5. The highest BCUT2D eigenvalue weighted by molar-refractivity contribution is 5.96. The molecule has 0 unspecified atom stereocenters. The quantitative estimate of drug-likeness (QED) is 0.782. The molecule has 90 valence electrons. The normalized spacial score (nSPS) is 10.8. The van der Waals surface area contributed by atoms with Gasteiger partial charge in [-0.2, -0.15) is 0 Å². The molecule has 1 rings (SSSR count). The first-order valence-electron chi connectivity index (χ1n) is 5.82. The first-order chi connectivity index (χ1) is 7.57. The van der Waals surface area contributed by atoms with Gasteiger partial charge in [-0.25, -0.2) is 0 Å². The molecule has 4 nitrogen and oxygen atoms in total. The summed E-state index contributed by atoms with van der Waals surface area (Å²) in [4.78, 5) is 11.9. The second kappa shape index (κ2) is 5.68. The van der Waals surface area contributed by atoms with Crippen molar-refractivity contribution in [2.45, 2.75) is 46.5 Å². The van der Waals surface area contributed by atoms with Gasteiger partial charge in [-0.05, 0) is 13.3 Å². The van der Waals surface area contributed by atoms with E-state index in [1.54, 1.807) is 6.92 Å². The smallest absolute Gasteiger partial charge is 0.256 e. The molecule has 0 aliphatic carbocycles. The van der Waals surface area contributed by atoms with Crippen molar-refractivity contribution < 1.29 is 9.32 Å². The standard InChI is InChI=1S/C12H20N2O2/c1-5-6-7-13-12(15)10-9(4)14-16-11(10)8(2)3/h8H,5-7H2,1-4H3,(H,13,15). The predicted octanol–water partition coefficient (Wildman–Crippen LogP) is 2.64. The minimum Gasteiger partial charge on any atom is -0.360 e. The van der Waals surface area contributed by atoms with E-state index in [-0.39, 0.29) is 11.8 Å². The van der Waals surface area contributed by atoms with Crippen LogP contribution in [0, 0.1) is 6.92 Å².